The Kier molecular flexibility index (Phi) is 2.70. The Morgan fingerprint density at radius 1 is 1.75 bits per heavy atom. The molecule has 0 spiro atoms. The maximum atomic E-state index is 11.2. The monoisotopic (exact) mass is 171 g/mol. The van der Waals surface area contributed by atoms with Gasteiger partial charge in [-0.05, 0) is 5.21 Å². The van der Waals surface area contributed by atoms with Crippen molar-refractivity contribution >= 4 is 5.91 Å². The number of aliphatic hydroxyl groups excluding tert-OH is 1. The quantitative estimate of drug-likeness (QED) is 0.563. The number of hydrogen-bond donors (Lipinski definition) is 2. The van der Waals surface area contributed by atoms with Crippen molar-refractivity contribution in [3.05, 3.63) is 5.82 Å². The van der Waals surface area contributed by atoms with Crippen LogP contribution in [0.1, 0.15) is 10.6 Å². The molecule has 1 aromatic rings. The minimum absolute atomic E-state index is 0.00551. The van der Waals surface area contributed by atoms with Crippen LogP contribution in [-0.4, -0.2) is 56.7 Å². The molecule has 0 aromatic carbocycles. The maximum absolute atomic E-state index is 11.2. The molecule has 1 amide bonds. The minimum atomic E-state index is -0.363. The summed E-state index contributed by atoms with van der Waals surface area (Å²) in [4.78, 5) is 12.5. The van der Waals surface area contributed by atoms with Crippen LogP contribution in [0.4, 0.5) is 0 Å². The Balaban J connectivity index is 2.59. The number of H-pyrrole nitrogens is 1. The number of carbonyl (C=O) groups excluding carboxylic acids is 1. The standard InChI is InChI=1S/C5H9N5O2/c1-10(2-3-11)5(12)4-6-8-9-7-4/h11H,2-3H2,1H3,(H,6,7,8,9). The first kappa shape index (κ1) is 8.60. The van der Waals surface area contributed by atoms with Crippen molar-refractivity contribution in [1.82, 2.24) is 25.5 Å². The minimum Gasteiger partial charge on any atom is -0.395 e. The smallest absolute Gasteiger partial charge is 0.295 e. The second-order valence-electron chi connectivity index (χ2n) is 2.19. The number of nitrogens with zero attached hydrogens (tertiary/aromatic N) is 4. The Morgan fingerprint density at radius 3 is 3.00 bits per heavy atom. The molecular weight excluding hydrogens is 162 g/mol. The lowest BCUT2D eigenvalue weighted by atomic mass is 10.5. The van der Waals surface area contributed by atoms with Gasteiger partial charge in [0.15, 0.2) is 0 Å². The number of aliphatic hydroxyl groups is 1. The lowest BCUT2D eigenvalue weighted by Gasteiger charge is -2.11. The van der Waals surface area contributed by atoms with E-state index in [2.05, 4.69) is 20.6 Å². The molecule has 1 heterocycles. The van der Waals surface area contributed by atoms with E-state index in [1.807, 2.05) is 0 Å². The number of amides is 1. The van der Waals surface area contributed by atoms with Crippen LogP contribution in [0.5, 0.6) is 0 Å². The third-order valence-corrected chi connectivity index (χ3v) is 1.32. The van der Waals surface area contributed by atoms with Gasteiger partial charge in [-0.15, -0.1) is 10.2 Å². The molecule has 0 aliphatic heterocycles. The van der Waals surface area contributed by atoms with Gasteiger partial charge in [-0.25, -0.2) is 0 Å². The van der Waals surface area contributed by atoms with Crippen molar-refractivity contribution in [3.8, 4) is 0 Å². The zero-order valence-corrected chi connectivity index (χ0v) is 6.56. The predicted octanol–water partition coefficient (Wildman–Crippen LogP) is -1.74. The molecule has 0 saturated carbocycles. The van der Waals surface area contributed by atoms with Gasteiger partial charge in [0.2, 0.25) is 0 Å². The summed E-state index contributed by atoms with van der Waals surface area (Å²) < 4.78 is 0. The summed E-state index contributed by atoms with van der Waals surface area (Å²) in [5.74, 6) is -0.358. The average Bonchev–Trinajstić information content (AvgIpc) is 2.55. The van der Waals surface area contributed by atoms with Crippen molar-refractivity contribution in [2.24, 2.45) is 0 Å². The van der Waals surface area contributed by atoms with E-state index >= 15 is 0 Å². The van der Waals surface area contributed by atoms with Crippen LogP contribution in [0.15, 0.2) is 0 Å². The number of rotatable bonds is 3. The van der Waals surface area contributed by atoms with Crippen LogP contribution in [0.3, 0.4) is 0 Å². The summed E-state index contributed by atoms with van der Waals surface area (Å²) in [5.41, 5.74) is 0. The fraction of sp³-hybridized carbons (Fsp3) is 0.600. The third-order valence-electron chi connectivity index (χ3n) is 1.32. The van der Waals surface area contributed by atoms with Crippen molar-refractivity contribution in [1.29, 1.82) is 0 Å². The van der Waals surface area contributed by atoms with Crippen molar-refractivity contribution in [2.75, 3.05) is 20.2 Å². The third kappa shape index (κ3) is 1.76. The highest BCUT2D eigenvalue weighted by Gasteiger charge is 2.14. The number of aromatic nitrogens is 4. The molecule has 66 valence electrons. The first-order valence-electron chi connectivity index (χ1n) is 3.35. The van der Waals surface area contributed by atoms with Gasteiger partial charge in [-0.2, -0.15) is 5.21 Å². The first-order valence-corrected chi connectivity index (χ1v) is 3.35. The van der Waals surface area contributed by atoms with Crippen molar-refractivity contribution < 1.29 is 9.90 Å². The number of aromatic amines is 1. The molecule has 12 heavy (non-hydrogen) atoms. The molecule has 1 aromatic heterocycles. The summed E-state index contributed by atoms with van der Waals surface area (Å²) in [7, 11) is 1.55. The summed E-state index contributed by atoms with van der Waals surface area (Å²) in [6.07, 6.45) is 0. The summed E-state index contributed by atoms with van der Waals surface area (Å²) in [5, 5.41) is 20.9. The van der Waals surface area contributed by atoms with Gasteiger partial charge >= 0.3 is 0 Å². The van der Waals surface area contributed by atoms with E-state index in [0.29, 0.717) is 0 Å². The molecule has 0 aliphatic carbocycles. The van der Waals surface area contributed by atoms with Gasteiger partial charge < -0.3 is 10.0 Å². The van der Waals surface area contributed by atoms with E-state index in [-0.39, 0.29) is 24.9 Å². The number of nitrogens with one attached hydrogen (secondary N) is 1. The maximum Gasteiger partial charge on any atom is 0.295 e. The second-order valence-corrected chi connectivity index (χ2v) is 2.19. The van der Waals surface area contributed by atoms with Gasteiger partial charge in [0.1, 0.15) is 0 Å². The highest BCUT2D eigenvalue weighted by Crippen LogP contribution is 1.91. The van der Waals surface area contributed by atoms with Crippen LogP contribution in [0.2, 0.25) is 0 Å². The summed E-state index contributed by atoms with van der Waals surface area (Å²) in [6, 6.07) is 0. The Bertz CT molecular complexity index is 246. The Hall–Kier alpha value is -1.50. The number of likely N-dealkylation sites (N-methyl/N-ethyl adjacent to an activating group) is 1. The molecule has 0 unspecified atom stereocenters. The Morgan fingerprint density at radius 2 is 2.50 bits per heavy atom. The highest BCUT2D eigenvalue weighted by molar-refractivity contribution is 5.89. The Labute approximate surface area is 68.4 Å². The average molecular weight is 171 g/mol. The summed E-state index contributed by atoms with van der Waals surface area (Å²) in [6.45, 7) is 0.174. The van der Waals surface area contributed by atoms with Gasteiger partial charge in [0.25, 0.3) is 11.7 Å². The zero-order chi connectivity index (χ0) is 8.97. The van der Waals surface area contributed by atoms with Crippen LogP contribution >= 0.6 is 0 Å². The first-order chi connectivity index (χ1) is 5.75. The van der Waals surface area contributed by atoms with Gasteiger partial charge in [-0.3, -0.25) is 4.79 Å². The fourth-order valence-corrected chi connectivity index (χ4v) is 0.675. The van der Waals surface area contributed by atoms with Crippen LogP contribution in [0.25, 0.3) is 0 Å². The SMILES string of the molecule is CN(CCO)C(=O)c1nn[nH]n1. The molecule has 1 rings (SSSR count). The molecule has 2 N–H and O–H groups in total. The van der Waals surface area contributed by atoms with E-state index in [1.165, 1.54) is 4.90 Å². The van der Waals surface area contributed by atoms with E-state index < -0.39 is 0 Å². The topological polar surface area (TPSA) is 95.0 Å². The molecule has 7 nitrogen and oxygen atoms in total. The lowest BCUT2D eigenvalue weighted by Crippen LogP contribution is -2.30. The fourth-order valence-electron chi connectivity index (χ4n) is 0.675. The van der Waals surface area contributed by atoms with Gasteiger partial charge in [-0.1, -0.05) is 0 Å². The lowest BCUT2D eigenvalue weighted by molar-refractivity contribution is 0.0755. The van der Waals surface area contributed by atoms with Crippen molar-refractivity contribution in [2.45, 2.75) is 0 Å². The highest BCUT2D eigenvalue weighted by atomic mass is 16.3. The largest absolute Gasteiger partial charge is 0.395 e. The predicted molar refractivity (Wildman–Crippen MR) is 38.2 cm³/mol. The number of carbonyl (C=O) groups is 1. The molecule has 0 bridgehead atoms. The molecule has 0 fully saturated rings. The van der Waals surface area contributed by atoms with E-state index in [4.69, 9.17) is 5.11 Å². The van der Waals surface area contributed by atoms with E-state index in [9.17, 15) is 4.79 Å². The van der Waals surface area contributed by atoms with E-state index in [1.54, 1.807) is 7.05 Å². The van der Waals surface area contributed by atoms with Crippen LogP contribution in [-0.2, 0) is 0 Å². The summed E-state index contributed by atoms with van der Waals surface area (Å²) >= 11 is 0. The second kappa shape index (κ2) is 3.77. The normalized spacial score (nSPS) is 9.83. The zero-order valence-electron chi connectivity index (χ0n) is 6.56. The molecular formula is C5H9N5O2. The molecule has 0 saturated heterocycles. The molecule has 0 aliphatic rings. The van der Waals surface area contributed by atoms with Gasteiger partial charge in [0.05, 0.1) is 6.61 Å². The molecule has 7 heteroatoms. The molecule has 0 atom stereocenters. The molecule has 0 radical (unpaired) electrons. The number of tetrazole rings is 1. The van der Waals surface area contributed by atoms with Crippen molar-refractivity contribution in [3.63, 3.8) is 0 Å². The van der Waals surface area contributed by atoms with Crippen LogP contribution in [0, 0.1) is 0 Å². The van der Waals surface area contributed by atoms with Crippen LogP contribution < -0.4 is 0 Å². The van der Waals surface area contributed by atoms with E-state index in [0.717, 1.165) is 0 Å². The number of hydrogen-bond acceptors (Lipinski definition) is 5. The van der Waals surface area contributed by atoms with Gasteiger partial charge in [0, 0.05) is 13.6 Å².